The van der Waals surface area contributed by atoms with Crippen LogP contribution < -0.4 is 5.32 Å². The van der Waals surface area contributed by atoms with E-state index < -0.39 is 5.92 Å². The molecule has 1 aliphatic rings. The maximum Gasteiger partial charge on any atom is 0.234 e. The Bertz CT molecular complexity index is 1320. The van der Waals surface area contributed by atoms with E-state index in [9.17, 15) is 9.59 Å². The number of benzene rings is 2. The molecule has 7 nitrogen and oxygen atoms in total. The van der Waals surface area contributed by atoms with Crippen LogP contribution in [0.1, 0.15) is 30.0 Å². The van der Waals surface area contributed by atoms with Crippen LogP contribution in [0.25, 0.3) is 22.0 Å². The van der Waals surface area contributed by atoms with Gasteiger partial charge in [-0.1, -0.05) is 35.9 Å². The monoisotopic (exact) mass is 433 g/mol. The van der Waals surface area contributed by atoms with Gasteiger partial charge in [-0.05, 0) is 35.7 Å². The molecule has 2 amide bonds. The first-order valence-corrected chi connectivity index (χ1v) is 10.4. The molecule has 0 saturated carbocycles. The molecule has 4 aromatic rings. The van der Waals surface area contributed by atoms with Crippen LogP contribution in [-0.4, -0.2) is 31.4 Å². The van der Waals surface area contributed by atoms with Crippen LogP contribution in [-0.2, 0) is 23.2 Å². The Balaban J connectivity index is 1.48. The third-order valence-corrected chi connectivity index (χ3v) is 6.10. The smallest absolute Gasteiger partial charge is 0.234 e. The van der Waals surface area contributed by atoms with Crippen LogP contribution in [0.5, 0.6) is 0 Å². The van der Waals surface area contributed by atoms with E-state index in [-0.39, 0.29) is 11.8 Å². The molecule has 31 heavy (non-hydrogen) atoms. The zero-order valence-corrected chi connectivity index (χ0v) is 17.6. The number of halogens is 1. The lowest BCUT2D eigenvalue weighted by Crippen LogP contribution is -2.39. The molecule has 8 heteroatoms. The van der Waals surface area contributed by atoms with Gasteiger partial charge in [-0.2, -0.15) is 10.2 Å². The predicted octanol–water partition coefficient (Wildman–Crippen LogP) is 3.66. The molecule has 2 aromatic carbocycles. The van der Waals surface area contributed by atoms with Crippen LogP contribution in [0.15, 0.2) is 54.9 Å². The summed E-state index contributed by atoms with van der Waals surface area (Å²) in [6, 6.07) is 13.8. The zero-order valence-electron chi connectivity index (χ0n) is 16.9. The number of aromatic nitrogens is 4. The van der Waals surface area contributed by atoms with Crippen molar-refractivity contribution in [1.82, 2.24) is 24.9 Å². The largest absolute Gasteiger partial charge is 0.296 e. The number of amides is 2. The number of hydrogen-bond acceptors (Lipinski definition) is 4. The van der Waals surface area contributed by atoms with Crippen LogP contribution in [0, 0.1) is 0 Å². The minimum atomic E-state index is -0.421. The van der Waals surface area contributed by atoms with Gasteiger partial charge in [0.2, 0.25) is 11.8 Å². The molecule has 1 saturated heterocycles. The summed E-state index contributed by atoms with van der Waals surface area (Å²) in [5.41, 5.74) is 4.49. The van der Waals surface area contributed by atoms with E-state index in [0.717, 1.165) is 33.3 Å². The van der Waals surface area contributed by atoms with Crippen LogP contribution in [0.3, 0.4) is 0 Å². The van der Waals surface area contributed by atoms with Gasteiger partial charge in [0.15, 0.2) is 0 Å². The summed E-state index contributed by atoms with van der Waals surface area (Å²) >= 11 is 6.75. The van der Waals surface area contributed by atoms with Gasteiger partial charge in [-0.3, -0.25) is 24.3 Å². The van der Waals surface area contributed by atoms with Gasteiger partial charge in [0.25, 0.3) is 0 Å². The van der Waals surface area contributed by atoms with Gasteiger partial charge in [0, 0.05) is 30.6 Å². The summed E-state index contributed by atoms with van der Waals surface area (Å²) in [7, 11) is 1.89. The lowest BCUT2D eigenvalue weighted by Gasteiger charge is -2.23. The number of aryl methyl sites for hydroxylation is 1. The SMILES string of the molecule is Cn1ccc(Cn2ncc3cc(-c4cccc(C5CCC(=O)NC5=O)c4Cl)ccc32)n1. The zero-order chi connectivity index (χ0) is 21.5. The fourth-order valence-electron chi connectivity index (χ4n) is 4.11. The lowest BCUT2D eigenvalue weighted by atomic mass is 9.88. The number of nitrogens with zero attached hydrogens (tertiary/aromatic N) is 4. The van der Waals surface area contributed by atoms with Crippen molar-refractivity contribution in [1.29, 1.82) is 0 Å². The Morgan fingerprint density at radius 1 is 1.19 bits per heavy atom. The molecule has 1 fully saturated rings. The number of carbonyl (C=O) groups excluding carboxylic acids is 2. The second-order valence-corrected chi connectivity index (χ2v) is 8.15. The Labute approximate surface area is 183 Å². The number of carbonyl (C=O) groups is 2. The molecule has 0 spiro atoms. The Hall–Kier alpha value is -3.45. The van der Waals surface area contributed by atoms with E-state index in [0.29, 0.717) is 24.4 Å². The number of imide groups is 1. The van der Waals surface area contributed by atoms with Crippen molar-refractivity contribution in [2.45, 2.75) is 25.3 Å². The van der Waals surface area contributed by atoms with Crippen LogP contribution in [0.2, 0.25) is 5.02 Å². The molecule has 1 aliphatic heterocycles. The van der Waals surface area contributed by atoms with E-state index in [1.807, 2.05) is 66.6 Å². The second-order valence-electron chi connectivity index (χ2n) is 7.77. The highest BCUT2D eigenvalue weighted by Gasteiger charge is 2.30. The number of hydrogen-bond donors (Lipinski definition) is 1. The maximum atomic E-state index is 12.3. The summed E-state index contributed by atoms with van der Waals surface area (Å²) in [6.07, 6.45) is 4.53. The quantitative estimate of drug-likeness (QED) is 0.498. The standard InChI is InChI=1S/C23H20ClN5O2/c1-28-10-9-16(27-28)13-29-20-7-5-14(11-15(20)12-25-29)17-3-2-4-18(22(17)24)19-6-8-21(30)26-23(19)31/h2-5,7,9-12,19H,6,8,13H2,1H3,(H,26,30,31). The molecule has 1 unspecified atom stereocenters. The predicted molar refractivity (Wildman–Crippen MR) is 118 cm³/mol. The fourth-order valence-corrected chi connectivity index (χ4v) is 4.48. The third-order valence-electron chi connectivity index (χ3n) is 5.68. The van der Waals surface area contributed by atoms with Gasteiger partial charge in [-0.25, -0.2) is 0 Å². The van der Waals surface area contributed by atoms with Crippen molar-refractivity contribution < 1.29 is 9.59 Å². The fraction of sp³-hybridized carbons (Fsp3) is 0.217. The number of fused-ring (bicyclic) bond motifs is 1. The topological polar surface area (TPSA) is 81.8 Å². The summed E-state index contributed by atoms with van der Waals surface area (Å²) < 4.78 is 3.69. The molecular weight excluding hydrogens is 414 g/mol. The molecule has 0 aliphatic carbocycles. The molecule has 156 valence electrons. The van der Waals surface area contributed by atoms with Gasteiger partial charge < -0.3 is 0 Å². The minimum Gasteiger partial charge on any atom is -0.296 e. The number of piperidine rings is 1. The Morgan fingerprint density at radius 3 is 2.84 bits per heavy atom. The highest BCUT2D eigenvalue weighted by atomic mass is 35.5. The van der Waals surface area contributed by atoms with Gasteiger partial charge in [0.1, 0.15) is 0 Å². The van der Waals surface area contributed by atoms with Crippen LogP contribution in [0.4, 0.5) is 0 Å². The molecule has 5 rings (SSSR count). The summed E-state index contributed by atoms with van der Waals surface area (Å²) in [5, 5.41) is 12.9. The van der Waals surface area contributed by atoms with Crippen molar-refractivity contribution in [2.24, 2.45) is 7.05 Å². The van der Waals surface area contributed by atoms with Crippen molar-refractivity contribution >= 4 is 34.3 Å². The van der Waals surface area contributed by atoms with Crippen molar-refractivity contribution in [3.8, 4) is 11.1 Å². The molecule has 2 aromatic heterocycles. The summed E-state index contributed by atoms with van der Waals surface area (Å²) in [5.74, 6) is -0.946. The van der Waals surface area contributed by atoms with E-state index in [1.54, 1.807) is 4.68 Å². The molecule has 1 N–H and O–H groups in total. The molecule has 0 radical (unpaired) electrons. The van der Waals surface area contributed by atoms with Crippen LogP contribution >= 0.6 is 11.6 Å². The number of rotatable bonds is 4. The normalized spacial score (nSPS) is 16.6. The van der Waals surface area contributed by atoms with E-state index in [4.69, 9.17) is 11.6 Å². The Kier molecular flexibility index (Phi) is 4.82. The average Bonchev–Trinajstić information content (AvgIpc) is 3.34. The van der Waals surface area contributed by atoms with E-state index >= 15 is 0 Å². The first-order valence-electron chi connectivity index (χ1n) is 10.1. The van der Waals surface area contributed by atoms with Gasteiger partial charge >= 0.3 is 0 Å². The van der Waals surface area contributed by atoms with E-state index in [2.05, 4.69) is 15.5 Å². The molecule has 1 atom stereocenters. The summed E-state index contributed by atoms with van der Waals surface area (Å²) in [4.78, 5) is 23.8. The summed E-state index contributed by atoms with van der Waals surface area (Å²) in [6.45, 7) is 0.593. The highest BCUT2D eigenvalue weighted by molar-refractivity contribution is 6.34. The lowest BCUT2D eigenvalue weighted by molar-refractivity contribution is -0.134. The third kappa shape index (κ3) is 3.61. The molecular formula is C23H20ClN5O2. The molecule has 3 heterocycles. The average molecular weight is 434 g/mol. The first-order chi connectivity index (χ1) is 15.0. The van der Waals surface area contributed by atoms with Gasteiger partial charge in [-0.15, -0.1) is 0 Å². The van der Waals surface area contributed by atoms with E-state index in [1.165, 1.54) is 0 Å². The maximum absolute atomic E-state index is 12.3. The highest BCUT2D eigenvalue weighted by Crippen LogP contribution is 2.37. The second kappa shape index (κ2) is 7.67. The minimum absolute atomic E-state index is 0.235. The molecule has 0 bridgehead atoms. The van der Waals surface area contributed by atoms with Gasteiger partial charge in [0.05, 0.1) is 34.9 Å². The first kappa shape index (κ1) is 19.5. The van der Waals surface area contributed by atoms with Crippen molar-refractivity contribution in [3.05, 3.63) is 71.1 Å². The number of nitrogens with one attached hydrogen (secondary N) is 1. The van der Waals surface area contributed by atoms with Crippen molar-refractivity contribution in [2.75, 3.05) is 0 Å². The Morgan fingerprint density at radius 2 is 2.06 bits per heavy atom. The van der Waals surface area contributed by atoms with Crippen molar-refractivity contribution in [3.63, 3.8) is 0 Å².